The lowest BCUT2D eigenvalue weighted by Gasteiger charge is -2.46. The fourth-order valence-corrected chi connectivity index (χ4v) is 7.83. The number of rotatable bonds is 6. The third kappa shape index (κ3) is 5.42. The Balaban J connectivity index is 2.04. The zero-order valence-electron chi connectivity index (χ0n) is 19.6. The van der Waals surface area contributed by atoms with Gasteiger partial charge in [-0.2, -0.15) is 0 Å². The molecule has 0 unspecified atom stereocenters. The molecule has 0 aromatic heterocycles. The molecule has 0 bridgehead atoms. The van der Waals surface area contributed by atoms with Crippen molar-refractivity contribution in [1.82, 2.24) is 10.0 Å². The van der Waals surface area contributed by atoms with Crippen molar-refractivity contribution in [3.05, 3.63) is 54.1 Å². The van der Waals surface area contributed by atoms with Gasteiger partial charge < -0.3 is 5.32 Å². The van der Waals surface area contributed by atoms with Crippen LogP contribution in [0.2, 0.25) is 0 Å². The van der Waals surface area contributed by atoms with E-state index < -0.39 is 19.9 Å². The predicted molar refractivity (Wildman–Crippen MR) is 127 cm³/mol. The van der Waals surface area contributed by atoms with Crippen LogP contribution >= 0.6 is 0 Å². The number of nitrogens with one attached hydrogen (secondary N) is 2. The fraction of sp³-hybridized carbons (Fsp3) is 0.500. The van der Waals surface area contributed by atoms with Crippen molar-refractivity contribution in [1.29, 1.82) is 0 Å². The van der Waals surface area contributed by atoms with E-state index in [0.29, 0.717) is 18.4 Å². The molecule has 1 aliphatic rings. The summed E-state index contributed by atoms with van der Waals surface area (Å²) in [6, 6.07) is 12.2. The third-order valence-electron chi connectivity index (χ3n) is 5.77. The number of benzene rings is 2. The van der Waals surface area contributed by atoms with Crippen molar-refractivity contribution in [2.45, 2.75) is 92.1 Å². The number of sulfonamides is 1. The molecule has 0 atom stereocenters. The Kier molecular flexibility index (Phi) is 6.66. The molecule has 2 aromatic carbocycles. The van der Waals surface area contributed by atoms with Gasteiger partial charge in [-0.1, -0.05) is 38.1 Å². The van der Waals surface area contributed by atoms with Crippen molar-refractivity contribution >= 4 is 19.9 Å². The molecule has 1 heterocycles. The molecule has 0 amide bonds. The molecule has 0 saturated carbocycles. The van der Waals surface area contributed by atoms with Gasteiger partial charge in [-0.15, -0.1) is 0 Å². The maximum atomic E-state index is 13.5. The maximum Gasteiger partial charge on any atom is 0.241 e. The molecule has 32 heavy (non-hydrogen) atoms. The molecule has 1 fully saturated rings. The monoisotopic (exact) mass is 478 g/mol. The van der Waals surface area contributed by atoms with E-state index in [2.05, 4.69) is 37.7 Å². The van der Waals surface area contributed by atoms with E-state index in [1.807, 2.05) is 13.8 Å². The van der Waals surface area contributed by atoms with E-state index in [0.717, 1.165) is 0 Å². The standard InChI is InChI=1S/C24H34N2O4S2/c1-17(2)21-13-12-20(31(27,28)19-10-8-7-9-11-19)14-22(21)32(29,30)25-18-15-23(3,4)26-24(5,6)16-18/h7-14,17-18,25-26H,15-16H2,1-6H3. The molecule has 0 spiro atoms. The minimum absolute atomic E-state index is 0.0265. The SMILES string of the molecule is CC(C)c1ccc(S(=O)(=O)c2ccccc2)cc1S(=O)(=O)NC1CC(C)(C)NC(C)(C)C1. The van der Waals surface area contributed by atoms with E-state index >= 15 is 0 Å². The number of piperidine rings is 1. The number of hydrogen-bond acceptors (Lipinski definition) is 5. The minimum atomic E-state index is -3.94. The second-order valence-corrected chi connectivity index (χ2v) is 13.9. The van der Waals surface area contributed by atoms with Gasteiger partial charge >= 0.3 is 0 Å². The maximum absolute atomic E-state index is 13.5. The Hall–Kier alpha value is -1.74. The molecule has 2 aromatic rings. The molecular weight excluding hydrogens is 444 g/mol. The Morgan fingerprint density at radius 3 is 1.97 bits per heavy atom. The van der Waals surface area contributed by atoms with Gasteiger partial charge in [0.1, 0.15) is 0 Å². The highest BCUT2D eigenvalue weighted by Crippen LogP contribution is 2.32. The van der Waals surface area contributed by atoms with Crippen LogP contribution in [-0.4, -0.2) is 34.0 Å². The van der Waals surface area contributed by atoms with Gasteiger partial charge in [-0.3, -0.25) is 0 Å². The van der Waals surface area contributed by atoms with E-state index in [-0.39, 0.29) is 37.7 Å². The normalized spacial score (nSPS) is 19.2. The summed E-state index contributed by atoms with van der Waals surface area (Å²) in [5.74, 6) is -0.0871. The molecule has 176 valence electrons. The second-order valence-electron chi connectivity index (χ2n) is 10.3. The Bertz CT molecular complexity index is 1170. The molecule has 6 nitrogen and oxygen atoms in total. The van der Waals surface area contributed by atoms with Crippen molar-refractivity contribution in [3.8, 4) is 0 Å². The molecule has 1 saturated heterocycles. The van der Waals surface area contributed by atoms with Gasteiger partial charge in [0.05, 0.1) is 14.7 Å². The number of hydrogen-bond donors (Lipinski definition) is 2. The van der Waals surface area contributed by atoms with Gasteiger partial charge in [-0.05, 0) is 76.3 Å². The molecule has 0 radical (unpaired) electrons. The summed E-state index contributed by atoms with van der Waals surface area (Å²) in [5.41, 5.74) is 0.139. The van der Waals surface area contributed by atoms with Crippen LogP contribution in [0.15, 0.2) is 63.2 Å². The van der Waals surface area contributed by atoms with Gasteiger partial charge in [0.2, 0.25) is 19.9 Å². The molecule has 2 N–H and O–H groups in total. The zero-order valence-corrected chi connectivity index (χ0v) is 21.3. The van der Waals surface area contributed by atoms with E-state index in [1.165, 1.54) is 24.3 Å². The van der Waals surface area contributed by atoms with Crippen molar-refractivity contribution in [2.24, 2.45) is 0 Å². The lowest BCUT2D eigenvalue weighted by atomic mass is 9.80. The Morgan fingerprint density at radius 1 is 0.875 bits per heavy atom. The fourth-order valence-electron chi connectivity index (χ4n) is 4.82. The Labute approximate surface area is 192 Å². The molecule has 0 aliphatic carbocycles. The third-order valence-corrected chi connectivity index (χ3v) is 9.12. The smallest absolute Gasteiger partial charge is 0.241 e. The number of sulfone groups is 1. The Morgan fingerprint density at radius 2 is 1.44 bits per heavy atom. The average Bonchev–Trinajstić information content (AvgIpc) is 2.65. The molecule has 3 rings (SSSR count). The van der Waals surface area contributed by atoms with Crippen LogP contribution in [0, 0.1) is 0 Å². The van der Waals surface area contributed by atoms with Gasteiger partial charge in [-0.25, -0.2) is 21.6 Å². The zero-order chi connectivity index (χ0) is 23.9. The van der Waals surface area contributed by atoms with Crippen molar-refractivity contribution in [2.75, 3.05) is 0 Å². The first-order valence-electron chi connectivity index (χ1n) is 10.9. The first-order valence-corrected chi connectivity index (χ1v) is 13.9. The highest BCUT2D eigenvalue weighted by molar-refractivity contribution is 7.91. The van der Waals surface area contributed by atoms with E-state index in [4.69, 9.17) is 0 Å². The van der Waals surface area contributed by atoms with Gasteiger partial charge in [0.25, 0.3) is 0 Å². The van der Waals surface area contributed by atoms with E-state index in [9.17, 15) is 16.8 Å². The van der Waals surface area contributed by atoms with Crippen LogP contribution in [0.25, 0.3) is 0 Å². The predicted octanol–water partition coefficient (Wildman–Crippen LogP) is 4.23. The quantitative estimate of drug-likeness (QED) is 0.648. The van der Waals surface area contributed by atoms with Gasteiger partial charge in [0, 0.05) is 17.1 Å². The highest BCUT2D eigenvalue weighted by Gasteiger charge is 2.39. The lowest BCUT2D eigenvalue weighted by molar-refractivity contribution is 0.157. The molecule has 8 heteroatoms. The van der Waals surface area contributed by atoms with E-state index in [1.54, 1.807) is 24.3 Å². The van der Waals surface area contributed by atoms with Crippen LogP contribution in [0.5, 0.6) is 0 Å². The molecular formula is C24H34N2O4S2. The van der Waals surface area contributed by atoms with Crippen LogP contribution in [0.4, 0.5) is 0 Å². The van der Waals surface area contributed by atoms with Crippen LogP contribution < -0.4 is 10.0 Å². The summed E-state index contributed by atoms with van der Waals surface area (Å²) < 4.78 is 56.2. The van der Waals surface area contributed by atoms with Crippen LogP contribution in [0.1, 0.15) is 65.9 Å². The summed E-state index contributed by atoms with van der Waals surface area (Å²) in [5, 5.41) is 3.55. The molecule has 1 aliphatic heterocycles. The summed E-state index contributed by atoms with van der Waals surface area (Å²) in [4.78, 5) is 0.133. The topological polar surface area (TPSA) is 92.3 Å². The summed E-state index contributed by atoms with van der Waals surface area (Å²) in [6.07, 6.45) is 1.27. The average molecular weight is 479 g/mol. The highest BCUT2D eigenvalue weighted by atomic mass is 32.2. The van der Waals surface area contributed by atoms with Crippen LogP contribution in [-0.2, 0) is 19.9 Å². The minimum Gasteiger partial charge on any atom is -0.307 e. The summed E-state index contributed by atoms with van der Waals surface area (Å²) in [7, 11) is -7.78. The first kappa shape index (κ1) is 24.9. The summed E-state index contributed by atoms with van der Waals surface area (Å²) in [6.45, 7) is 12.0. The lowest BCUT2D eigenvalue weighted by Crippen LogP contribution is -2.62. The van der Waals surface area contributed by atoms with Crippen molar-refractivity contribution < 1.29 is 16.8 Å². The largest absolute Gasteiger partial charge is 0.307 e. The van der Waals surface area contributed by atoms with Crippen LogP contribution in [0.3, 0.4) is 0 Å². The second kappa shape index (κ2) is 8.56. The van der Waals surface area contributed by atoms with Crippen molar-refractivity contribution in [3.63, 3.8) is 0 Å². The first-order chi connectivity index (χ1) is 14.6. The van der Waals surface area contributed by atoms with Gasteiger partial charge in [0.15, 0.2) is 0 Å². The summed E-state index contributed by atoms with van der Waals surface area (Å²) >= 11 is 0.